The number of carbonyl (C=O) groups is 1. The van der Waals surface area contributed by atoms with Crippen LogP contribution in [0.4, 0.5) is 0 Å². The molecule has 0 aliphatic heterocycles. The molecule has 0 saturated heterocycles. The third-order valence-electron chi connectivity index (χ3n) is 1.83. The highest BCUT2D eigenvalue weighted by atomic mass is 16.5. The summed E-state index contributed by atoms with van der Waals surface area (Å²) in [5.41, 5.74) is 0. The Hall–Kier alpha value is -0.610. The molecule has 0 heterocycles. The van der Waals surface area contributed by atoms with Gasteiger partial charge in [-0.15, -0.1) is 0 Å². The Morgan fingerprint density at radius 1 is 1.46 bits per heavy atom. The van der Waals surface area contributed by atoms with Crippen molar-refractivity contribution in [3.63, 3.8) is 0 Å². The lowest BCUT2D eigenvalue weighted by atomic mass is 10.2. The molecule has 0 fully saturated rings. The SMILES string of the molecule is COC(=O)CC(C)NC(C)CCO. The first-order chi connectivity index (χ1) is 6.10. The van der Waals surface area contributed by atoms with Crippen LogP contribution in [0.2, 0.25) is 0 Å². The standard InChI is InChI=1S/C9H19NO3/c1-7(4-5-11)10-8(2)6-9(12)13-3/h7-8,10-11H,4-6H2,1-3H3. The lowest BCUT2D eigenvalue weighted by Crippen LogP contribution is -2.36. The molecule has 2 N–H and O–H groups in total. The number of carbonyl (C=O) groups excluding carboxylic acids is 1. The van der Waals surface area contributed by atoms with Crippen molar-refractivity contribution >= 4 is 5.97 Å². The molecule has 0 rings (SSSR count). The predicted molar refractivity (Wildman–Crippen MR) is 50.4 cm³/mol. The van der Waals surface area contributed by atoms with Gasteiger partial charge in [0.1, 0.15) is 0 Å². The van der Waals surface area contributed by atoms with E-state index in [1.54, 1.807) is 0 Å². The molecule has 0 aliphatic rings. The molecule has 0 saturated carbocycles. The number of esters is 1. The molecular weight excluding hydrogens is 170 g/mol. The van der Waals surface area contributed by atoms with E-state index in [1.807, 2.05) is 13.8 Å². The molecular formula is C9H19NO3. The van der Waals surface area contributed by atoms with Crippen molar-refractivity contribution in [3.05, 3.63) is 0 Å². The number of aliphatic hydroxyl groups excluding tert-OH is 1. The molecule has 0 aromatic heterocycles. The van der Waals surface area contributed by atoms with Crippen LogP contribution in [0.15, 0.2) is 0 Å². The van der Waals surface area contributed by atoms with Crippen molar-refractivity contribution in [3.8, 4) is 0 Å². The van der Waals surface area contributed by atoms with Gasteiger partial charge in [-0.25, -0.2) is 0 Å². The van der Waals surface area contributed by atoms with Crippen LogP contribution < -0.4 is 5.32 Å². The van der Waals surface area contributed by atoms with Gasteiger partial charge in [0.15, 0.2) is 0 Å². The van der Waals surface area contributed by atoms with Gasteiger partial charge in [0.2, 0.25) is 0 Å². The van der Waals surface area contributed by atoms with Crippen molar-refractivity contribution in [2.45, 2.75) is 38.8 Å². The Kier molecular flexibility index (Phi) is 6.54. The minimum absolute atomic E-state index is 0.0917. The van der Waals surface area contributed by atoms with Crippen LogP contribution in [-0.2, 0) is 9.53 Å². The lowest BCUT2D eigenvalue weighted by molar-refractivity contribution is -0.141. The zero-order valence-corrected chi connectivity index (χ0v) is 8.54. The number of rotatable bonds is 6. The molecule has 78 valence electrons. The van der Waals surface area contributed by atoms with E-state index in [-0.39, 0.29) is 24.7 Å². The van der Waals surface area contributed by atoms with E-state index in [2.05, 4.69) is 10.1 Å². The molecule has 4 nitrogen and oxygen atoms in total. The third kappa shape index (κ3) is 6.54. The number of ether oxygens (including phenoxy) is 1. The summed E-state index contributed by atoms with van der Waals surface area (Å²) in [6.07, 6.45) is 1.07. The summed E-state index contributed by atoms with van der Waals surface area (Å²) in [5.74, 6) is -0.212. The Bertz CT molecular complexity index is 150. The second-order valence-electron chi connectivity index (χ2n) is 3.26. The van der Waals surface area contributed by atoms with Crippen molar-refractivity contribution in [2.24, 2.45) is 0 Å². The second kappa shape index (κ2) is 6.86. The molecule has 13 heavy (non-hydrogen) atoms. The minimum Gasteiger partial charge on any atom is -0.469 e. The normalized spacial score (nSPS) is 15.1. The van der Waals surface area contributed by atoms with E-state index in [0.29, 0.717) is 12.8 Å². The van der Waals surface area contributed by atoms with Crippen LogP contribution in [0.3, 0.4) is 0 Å². The van der Waals surface area contributed by atoms with Gasteiger partial charge in [0.25, 0.3) is 0 Å². The van der Waals surface area contributed by atoms with Gasteiger partial charge in [0, 0.05) is 18.7 Å². The summed E-state index contributed by atoms with van der Waals surface area (Å²) in [7, 11) is 1.38. The van der Waals surface area contributed by atoms with Gasteiger partial charge in [-0.2, -0.15) is 0 Å². The highest BCUT2D eigenvalue weighted by molar-refractivity contribution is 5.69. The molecule has 0 aliphatic carbocycles. The smallest absolute Gasteiger partial charge is 0.307 e. The highest BCUT2D eigenvalue weighted by Crippen LogP contribution is 1.97. The van der Waals surface area contributed by atoms with Gasteiger partial charge < -0.3 is 15.2 Å². The summed E-state index contributed by atoms with van der Waals surface area (Å²) in [6, 6.07) is 0.318. The van der Waals surface area contributed by atoms with Crippen LogP contribution in [0, 0.1) is 0 Å². The lowest BCUT2D eigenvalue weighted by Gasteiger charge is -2.18. The monoisotopic (exact) mass is 189 g/mol. The van der Waals surface area contributed by atoms with E-state index < -0.39 is 0 Å². The van der Waals surface area contributed by atoms with Crippen LogP contribution in [0.25, 0.3) is 0 Å². The number of nitrogens with one attached hydrogen (secondary N) is 1. The highest BCUT2D eigenvalue weighted by Gasteiger charge is 2.11. The van der Waals surface area contributed by atoms with Crippen molar-refractivity contribution in [1.82, 2.24) is 5.32 Å². The maximum atomic E-state index is 10.8. The number of methoxy groups -OCH3 is 1. The number of hydrogen-bond acceptors (Lipinski definition) is 4. The molecule has 0 aromatic carbocycles. The van der Waals surface area contributed by atoms with Gasteiger partial charge in [0.05, 0.1) is 13.5 Å². The molecule has 0 spiro atoms. The molecule has 4 heteroatoms. The minimum atomic E-state index is -0.212. The largest absolute Gasteiger partial charge is 0.469 e. The average molecular weight is 189 g/mol. The molecule has 0 aromatic rings. The van der Waals surface area contributed by atoms with Crippen molar-refractivity contribution < 1.29 is 14.6 Å². The van der Waals surface area contributed by atoms with Gasteiger partial charge >= 0.3 is 5.97 Å². The molecule has 2 unspecified atom stereocenters. The van der Waals surface area contributed by atoms with Gasteiger partial charge in [-0.05, 0) is 20.3 Å². The van der Waals surface area contributed by atoms with E-state index in [9.17, 15) is 4.79 Å². The zero-order valence-electron chi connectivity index (χ0n) is 8.54. The van der Waals surface area contributed by atoms with Crippen molar-refractivity contribution in [2.75, 3.05) is 13.7 Å². The Balaban J connectivity index is 3.60. The topological polar surface area (TPSA) is 58.6 Å². The third-order valence-corrected chi connectivity index (χ3v) is 1.83. The summed E-state index contributed by atoms with van der Waals surface area (Å²) in [5, 5.41) is 11.8. The summed E-state index contributed by atoms with van der Waals surface area (Å²) < 4.78 is 4.53. The fraction of sp³-hybridized carbons (Fsp3) is 0.889. The van der Waals surface area contributed by atoms with Crippen LogP contribution in [0.1, 0.15) is 26.7 Å². The summed E-state index contributed by atoms with van der Waals surface area (Å²) in [6.45, 7) is 4.06. The van der Waals surface area contributed by atoms with Crippen LogP contribution >= 0.6 is 0 Å². The molecule has 2 atom stereocenters. The first-order valence-electron chi connectivity index (χ1n) is 4.53. The molecule has 0 amide bonds. The summed E-state index contributed by atoms with van der Waals surface area (Å²) >= 11 is 0. The quantitative estimate of drug-likeness (QED) is 0.590. The fourth-order valence-electron chi connectivity index (χ4n) is 1.15. The number of aliphatic hydroxyl groups is 1. The fourth-order valence-corrected chi connectivity index (χ4v) is 1.15. The van der Waals surface area contributed by atoms with E-state index in [0.717, 1.165) is 0 Å². The predicted octanol–water partition coefficient (Wildman–Crippen LogP) is 0.299. The van der Waals surface area contributed by atoms with Gasteiger partial charge in [-0.3, -0.25) is 4.79 Å². The summed E-state index contributed by atoms with van der Waals surface area (Å²) in [4.78, 5) is 10.8. The maximum absolute atomic E-state index is 10.8. The Morgan fingerprint density at radius 3 is 2.54 bits per heavy atom. The average Bonchev–Trinajstić information content (AvgIpc) is 2.04. The Morgan fingerprint density at radius 2 is 2.08 bits per heavy atom. The van der Waals surface area contributed by atoms with Crippen LogP contribution in [0.5, 0.6) is 0 Å². The molecule has 0 bridgehead atoms. The van der Waals surface area contributed by atoms with E-state index >= 15 is 0 Å². The van der Waals surface area contributed by atoms with Gasteiger partial charge in [-0.1, -0.05) is 0 Å². The second-order valence-corrected chi connectivity index (χ2v) is 3.26. The zero-order chi connectivity index (χ0) is 10.3. The van der Waals surface area contributed by atoms with E-state index in [1.165, 1.54) is 7.11 Å². The number of hydrogen-bond donors (Lipinski definition) is 2. The first-order valence-corrected chi connectivity index (χ1v) is 4.53. The maximum Gasteiger partial charge on any atom is 0.307 e. The Labute approximate surface area is 79.3 Å². The van der Waals surface area contributed by atoms with Crippen LogP contribution in [-0.4, -0.2) is 36.9 Å². The molecule has 0 radical (unpaired) electrons. The first kappa shape index (κ1) is 12.4. The van der Waals surface area contributed by atoms with Crippen molar-refractivity contribution in [1.29, 1.82) is 0 Å². The van der Waals surface area contributed by atoms with E-state index in [4.69, 9.17) is 5.11 Å².